The Morgan fingerprint density at radius 2 is 1.97 bits per heavy atom. The highest BCUT2D eigenvalue weighted by atomic mass is 35.5. The molecule has 1 aromatic heterocycles. The first kappa shape index (κ1) is 28.3. The molecule has 37 heavy (non-hydrogen) atoms. The molecular weight excluding hydrogens is 490 g/mol. The van der Waals surface area contributed by atoms with Gasteiger partial charge in [-0.05, 0) is 64.7 Å². The number of nitrogens with zero attached hydrogens (tertiary/aromatic N) is 2. The predicted octanol–water partition coefficient (Wildman–Crippen LogP) is 3.95. The first-order valence-electron chi connectivity index (χ1n) is 13.5. The molecule has 3 heterocycles. The molecule has 1 aliphatic carbocycles. The molecular formula is C28H44ClN5O3. The summed E-state index contributed by atoms with van der Waals surface area (Å²) in [6.45, 7) is 8.87. The lowest BCUT2D eigenvalue weighted by Crippen LogP contribution is -2.50. The van der Waals surface area contributed by atoms with Gasteiger partial charge in [0, 0.05) is 50.6 Å². The summed E-state index contributed by atoms with van der Waals surface area (Å²) >= 11 is 6.70. The van der Waals surface area contributed by atoms with Gasteiger partial charge in [0.25, 0.3) is 0 Å². The molecule has 0 aromatic carbocycles. The minimum absolute atomic E-state index is 0.0118. The fourth-order valence-electron chi connectivity index (χ4n) is 5.38. The summed E-state index contributed by atoms with van der Waals surface area (Å²) in [6, 6.07) is 7.41. The third kappa shape index (κ3) is 8.15. The van der Waals surface area contributed by atoms with Crippen molar-refractivity contribution in [3.63, 3.8) is 0 Å². The summed E-state index contributed by atoms with van der Waals surface area (Å²) in [7, 11) is 3.82. The van der Waals surface area contributed by atoms with Gasteiger partial charge in [0.1, 0.15) is 5.82 Å². The van der Waals surface area contributed by atoms with Gasteiger partial charge in [-0.15, -0.1) is 0 Å². The minimum atomic E-state index is -0.267. The maximum absolute atomic E-state index is 6.70. The van der Waals surface area contributed by atoms with Gasteiger partial charge in [-0.3, -0.25) is 5.32 Å². The third-order valence-electron chi connectivity index (χ3n) is 7.18. The van der Waals surface area contributed by atoms with Gasteiger partial charge in [0.15, 0.2) is 0 Å². The maximum Gasteiger partial charge on any atom is 0.126 e. The van der Waals surface area contributed by atoms with E-state index in [2.05, 4.69) is 54.7 Å². The number of ether oxygens (including phenoxy) is 3. The first-order valence-corrected chi connectivity index (χ1v) is 13.9. The quantitative estimate of drug-likeness (QED) is 0.417. The Kier molecular flexibility index (Phi) is 9.89. The lowest BCUT2D eigenvalue weighted by molar-refractivity contribution is -0.177. The molecule has 1 saturated heterocycles. The number of pyridine rings is 1. The number of hydrogen-bond donors (Lipinski definition) is 3. The van der Waals surface area contributed by atoms with E-state index in [-0.39, 0.29) is 17.9 Å². The van der Waals surface area contributed by atoms with Crippen LogP contribution in [0.15, 0.2) is 35.5 Å². The summed E-state index contributed by atoms with van der Waals surface area (Å²) in [5, 5.41) is 11.6. The summed E-state index contributed by atoms with van der Waals surface area (Å²) in [4.78, 5) is 7.00. The Bertz CT molecular complexity index is 948. The van der Waals surface area contributed by atoms with Crippen LogP contribution < -0.4 is 16.0 Å². The van der Waals surface area contributed by atoms with Crippen molar-refractivity contribution in [2.45, 2.75) is 82.5 Å². The maximum atomic E-state index is 6.70. The average Bonchev–Trinajstić information content (AvgIpc) is 2.85. The van der Waals surface area contributed by atoms with Crippen LogP contribution in [0.1, 0.15) is 52.1 Å². The normalized spacial score (nSPS) is 28.9. The largest absolute Gasteiger partial charge is 0.383 e. The number of rotatable bonds is 10. The van der Waals surface area contributed by atoms with E-state index in [0.717, 1.165) is 49.4 Å². The Morgan fingerprint density at radius 3 is 2.70 bits per heavy atom. The SMILES string of the molecule is COCC(C)NC1CCC(NC2C=C(c3cccc(NCC4COCC(C)(C)O4)n3)C(Cl)=CN2C)CC1. The van der Waals surface area contributed by atoms with E-state index >= 15 is 0 Å². The summed E-state index contributed by atoms with van der Waals surface area (Å²) in [6.07, 6.45) is 8.85. The van der Waals surface area contributed by atoms with Crippen LogP contribution in [0, 0.1) is 0 Å². The van der Waals surface area contributed by atoms with E-state index in [1.165, 1.54) is 0 Å². The van der Waals surface area contributed by atoms with Crippen LogP contribution in [0.5, 0.6) is 0 Å². The van der Waals surface area contributed by atoms with Crippen molar-refractivity contribution in [1.82, 2.24) is 20.5 Å². The van der Waals surface area contributed by atoms with Gasteiger partial charge in [-0.2, -0.15) is 0 Å². The fraction of sp³-hybridized carbons (Fsp3) is 0.679. The molecule has 2 aliphatic heterocycles. The topological polar surface area (TPSA) is 79.9 Å². The van der Waals surface area contributed by atoms with Gasteiger partial charge < -0.3 is 29.7 Å². The fourth-order valence-corrected chi connectivity index (χ4v) is 5.70. The number of aromatic nitrogens is 1. The van der Waals surface area contributed by atoms with Crippen LogP contribution in [0.4, 0.5) is 5.82 Å². The smallest absolute Gasteiger partial charge is 0.126 e. The molecule has 0 radical (unpaired) electrons. The van der Waals surface area contributed by atoms with Crippen molar-refractivity contribution in [3.05, 3.63) is 41.2 Å². The van der Waals surface area contributed by atoms with Crippen molar-refractivity contribution in [1.29, 1.82) is 0 Å². The van der Waals surface area contributed by atoms with E-state index in [0.29, 0.717) is 42.9 Å². The zero-order valence-corrected chi connectivity index (χ0v) is 23.7. The van der Waals surface area contributed by atoms with Gasteiger partial charge in [-0.1, -0.05) is 17.7 Å². The van der Waals surface area contributed by atoms with E-state index in [4.69, 9.17) is 30.8 Å². The minimum Gasteiger partial charge on any atom is -0.383 e. The zero-order chi connectivity index (χ0) is 26.4. The van der Waals surface area contributed by atoms with Crippen LogP contribution in [-0.2, 0) is 14.2 Å². The molecule has 0 bridgehead atoms. The Labute approximate surface area is 227 Å². The number of anilines is 1. The Balaban J connectivity index is 1.35. The molecule has 4 rings (SSSR count). The molecule has 1 aromatic rings. The molecule has 0 amide bonds. The number of allylic oxidation sites excluding steroid dienone is 2. The summed E-state index contributed by atoms with van der Waals surface area (Å²) in [5.74, 6) is 0.798. The van der Waals surface area contributed by atoms with E-state index in [1.54, 1.807) is 7.11 Å². The first-order chi connectivity index (χ1) is 17.7. The van der Waals surface area contributed by atoms with Gasteiger partial charge in [-0.25, -0.2) is 4.98 Å². The summed E-state index contributed by atoms with van der Waals surface area (Å²) in [5.41, 5.74) is 1.53. The van der Waals surface area contributed by atoms with E-state index < -0.39 is 0 Å². The van der Waals surface area contributed by atoms with Gasteiger partial charge >= 0.3 is 0 Å². The van der Waals surface area contributed by atoms with Crippen molar-refractivity contribution in [2.75, 3.05) is 45.8 Å². The monoisotopic (exact) mass is 533 g/mol. The second kappa shape index (κ2) is 12.9. The molecule has 3 atom stereocenters. The van der Waals surface area contributed by atoms with Crippen molar-refractivity contribution in [2.24, 2.45) is 0 Å². The molecule has 9 heteroatoms. The van der Waals surface area contributed by atoms with E-state index in [1.807, 2.05) is 24.4 Å². The molecule has 1 saturated carbocycles. The molecule has 3 unspecified atom stereocenters. The number of likely N-dealkylation sites (N-methyl/N-ethyl adjacent to an activating group) is 1. The third-order valence-corrected chi connectivity index (χ3v) is 7.48. The van der Waals surface area contributed by atoms with Crippen LogP contribution in [0.25, 0.3) is 5.57 Å². The number of hydrogen-bond acceptors (Lipinski definition) is 8. The standard InChI is InChI=1S/C28H44ClN5O3/c1-19(16-35-5)31-20-9-11-21(12-10-20)32-27-13-23(24(29)15-34(27)4)25-7-6-8-26(33-25)30-14-22-17-36-18-28(2,3)37-22/h6-8,13,15,19-22,27,31-32H,9-12,14,16-18H2,1-5H3,(H,30,33). The highest BCUT2D eigenvalue weighted by Gasteiger charge is 2.30. The Morgan fingerprint density at radius 1 is 1.22 bits per heavy atom. The van der Waals surface area contributed by atoms with Crippen LogP contribution >= 0.6 is 11.6 Å². The van der Waals surface area contributed by atoms with Crippen molar-refractivity contribution >= 4 is 23.0 Å². The summed E-state index contributed by atoms with van der Waals surface area (Å²) < 4.78 is 17.1. The van der Waals surface area contributed by atoms with Gasteiger partial charge in [0.05, 0.1) is 48.4 Å². The lowest BCUT2D eigenvalue weighted by Gasteiger charge is -2.37. The molecule has 206 valence electrons. The number of halogens is 1. The van der Waals surface area contributed by atoms with E-state index in [9.17, 15) is 0 Å². The highest BCUT2D eigenvalue weighted by molar-refractivity contribution is 6.37. The average molecular weight is 534 g/mol. The number of methoxy groups -OCH3 is 1. The van der Waals surface area contributed by atoms with Crippen LogP contribution in [-0.4, -0.2) is 86.4 Å². The second-order valence-corrected chi connectivity index (χ2v) is 11.6. The lowest BCUT2D eigenvalue weighted by atomic mass is 9.90. The molecule has 3 N–H and O–H groups in total. The van der Waals surface area contributed by atoms with Crippen LogP contribution in [0.3, 0.4) is 0 Å². The predicted molar refractivity (Wildman–Crippen MR) is 150 cm³/mol. The molecule has 2 fully saturated rings. The zero-order valence-electron chi connectivity index (χ0n) is 22.9. The Hall–Kier alpha value is -1.68. The number of nitrogens with one attached hydrogen (secondary N) is 3. The second-order valence-electron chi connectivity index (χ2n) is 11.2. The van der Waals surface area contributed by atoms with Crippen molar-refractivity contribution in [3.8, 4) is 0 Å². The highest BCUT2D eigenvalue weighted by Crippen LogP contribution is 2.31. The molecule has 0 spiro atoms. The van der Waals surface area contributed by atoms with Crippen molar-refractivity contribution < 1.29 is 14.2 Å². The van der Waals surface area contributed by atoms with Gasteiger partial charge in [0.2, 0.25) is 0 Å². The molecule has 3 aliphatic rings. The molecule has 8 nitrogen and oxygen atoms in total. The van der Waals surface area contributed by atoms with Crippen LogP contribution in [0.2, 0.25) is 0 Å².